The standard InChI is InChI=1S/C36H34N2O3S3/c1-3-26(22-35-37(4-2)31-24-29(16-18-33(31)42-35)27-12-7-5-8-13-27)23-36-38(20-11-21-44(39,40)41)32-25-30(17-19-34(32)43-36)28-14-9-6-10-15-28/h5-10,12-19,22-25H,3-4,11,20-21H2,1-2H3. The molecule has 0 aliphatic carbocycles. The highest BCUT2D eigenvalue weighted by Crippen LogP contribution is 2.47. The van der Waals surface area contributed by atoms with Crippen LogP contribution in [0, 0.1) is 0 Å². The van der Waals surface area contributed by atoms with Gasteiger partial charge in [-0.2, -0.15) is 4.57 Å². The molecule has 1 aromatic heterocycles. The van der Waals surface area contributed by atoms with Gasteiger partial charge in [0.15, 0.2) is 6.54 Å². The second-order valence-electron chi connectivity index (χ2n) is 10.7. The van der Waals surface area contributed by atoms with Crippen LogP contribution in [-0.4, -0.2) is 25.3 Å². The quantitative estimate of drug-likeness (QED) is 0.113. The monoisotopic (exact) mass is 638 g/mol. The second kappa shape index (κ2) is 13.1. The van der Waals surface area contributed by atoms with E-state index in [0.717, 1.165) is 39.3 Å². The van der Waals surface area contributed by atoms with Crippen LogP contribution < -0.4 is 9.47 Å². The lowest BCUT2D eigenvalue weighted by Gasteiger charge is -2.19. The van der Waals surface area contributed by atoms with Crippen molar-refractivity contribution in [1.29, 1.82) is 0 Å². The third-order valence-corrected chi connectivity index (χ3v) is 10.8. The van der Waals surface area contributed by atoms with Crippen LogP contribution >= 0.6 is 23.1 Å². The third kappa shape index (κ3) is 6.69. The highest BCUT2D eigenvalue weighted by Gasteiger charge is 2.25. The van der Waals surface area contributed by atoms with E-state index in [9.17, 15) is 13.0 Å². The van der Waals surface area contributed by atoms with Crippen molar-refractivity contribution in [2.45, 2.75) is 38.1 Å². The summed E-state index contributed by atoms with van der Waals surface area (Å²) in [7, 11) is -4.29. The normalized spacial score (nSPS) is 14.5. The van der Waals surface area contributed by atoms with Crippen LogP contribution in [-0.2, 0) is 16.7 Å². The zero-order valence-electron chi connectivity index (χ0n) is 24.8. The summed E-state index contributed by atoms with van der Waals surface area (Å²) < 4.78 is 37.6. The molecule has 0 unspecified atom stereocenters. The number of benzene rings is 4. The Hall–Kier alpha value is -3.69. The summed E-state index contributed by atoms with van der Waals surface area (Å²) in [6.45, 7) is 5.65. The van der Waals surface area contributed by atoms with Gasteiger partial charge in [-0.05, 0) is 65.4 Å². The molecule has 0 fully saturated rings. The van der Waals surface area contributed by atoms with Gasteiger partial charge in [0.05, 0.1) is 20.8 Å². The summed E-state index contributed by atoms with van der Waals surface area (Å²) in [4.78, 5) is 3.62. The average Bonchev–Trinajstić information content (AvgIpc) is 3.56. The third-order valence-electron chi connectivity index (χ3n) is 7.79. The maximum Gasteiger partial charge on any atom is 0.263 e. The van der Waals surface area contributed by atoms with Crippen LogP contribution in [0.1, 0.15) is 31.7 Å². The number of hydrogen-bond acceptors (Lipinski definition) is 6. The predicted molar refractivity (Wildman–Crippen MR) is 184 cm³/mol. The molecule has 0 radical (unpaired) electrons. The molecule has 0 spiro atoms. The van der Waals surface area contributed by atoms with Crippen LogP contribution in [0.3, 0.4) is 0 Å². The lowest BCUT2D eigenvalue weighted by molar-refractivity contribution is -0.668. The molecule has 0 saturated carbocycles. The van der Waals surface area contributed by atoms with E-state index in [2.05, 4.69) is 108 Å². The van der Waals surface area contributed by atoms with E-state index in [4.69, 9.17) is 0 Å². The van der Waals surface area contributed by atoms with E-state index >= 15 is 0 Å². The number of thioether (sulfide) groups is 1. The van der Waals surface area contributed by atoms with E-state index in [1.165, 1.54) is 32.3 Å². The topological polar surface area (TPSA) is 64.3 Å². The Morgan fingerprint density at radius 3 is 2.16 bits per heavy atom. The molecule has 6 rings (SSSR count). The summed E-state index contributed by atoms with van der Waals surface area (Å²) in [5, 5.41) is 2.23. The minimum atomic E-state index is -4.29. The Morgan fingerprint density at radius 2 is 1.52 bits per heavy atom. The lowest BCUT2D eigenvalue weighted by atomic mass is 10.0. The number of aryl methyl sites for hydroxylation is 1. The minimum absolute atomic E-state index is 0.264. The number of hydrogen-bond donors (Lipinski definition) is 0. The second-order valence-corrected chi connectivity index (χ2v) is 14.4. The first-order valence-corrected chi connectivity index (χ1v) is 18.1. The van der Waals surface area contributed by atoms with Gasteiger partial charge in [0, 0.05) is 35.8 Å². The number of anilines is 1. The number of nitrogens with zero attached hydrogens (tertiary/aromatic N) is 2. The Labute approximate surface area is 267 Å². The smallest absolute Gasteiger partial charge is 0.263 e. The first-order chi connectivity index (χ1) is 21.3. The van der Waals surface area contributed by atoms with Gasteiger partial charge in [0.2, 0.25) is 5.52 Å². The largest absolute Gasteiger partial charge is 0.748 e. The molecule has 0 atom stereocenters. The number of rotatable bonds is 10. The van der Waals surface area contributed by atoms with Crippen LogP contribution in [0.15, 0.2) is 119 Å². The summed E-state index contributed by atoms with van der Waals surface area (Å²) in [5.41, 5.74) is 8.09. The van der Waals surface area contributed by atoms with Gasteiger partial charge in [0.1, 0.15) is 4.70 Å². The highest BCUT2D eigenvalue weighted by atomic mass is 32.2. The van der Waals surface area contributed by atoms with Gasteiger partial charge in [0.25, 0.3) is 5.01 Å². The zero-order valence-corrected chi connectivity index (χ0v) is 27.2. The fraction of sp³-hybridized carbons (Fsp3) is 0.194. The molecule has 5 aromatic rings. The lowest BCUT2D eigenvalue weighted by Crippen LogP contribution is -2.36. The number of fused-ring (bicyclic) bond motifs is 2. The molecule has 8 heteroatoms. The van der Waals surface area contributed by atoms with Crippen LogP contribution in [0.2, 0.25) is 0 Å². The fourth-order valence-electron chi connectivity index (χ4n) is 5.56. The average molecular weight is 639 g/mol. The van der Waals surface area contributed by atoms with Crippen LogP contribution in [0.5, 0.6) is 0 Å². The summed E-state index contributed by atoms with van der Waals surface area (Å²) in [6.07, 6.45) is 5.60. The van der Waals surface area contributed by atoms with Crippen molar-refractivity contribution in [3.63, 3.8) is 0 Å². The molecule has 0 amide bonds. The van der Waals surface area contributed by atoms with E-state index in [1.807, 2.05) is 24.3 Å². The first-order valence-electron chi connectivity index (χ1n) is 14.9. The maximum atomic E-state index is 11.4. The molecule has 5 nitrogen and oxygen atoms in total. The number of thiazole rings is 1. The molecule has 0 N–H and O–H groups in total. The molecular weight excluding hydrogens is 605 g/mol. The SMILES string of the molecule is CCC(/C=C1\Sc2ccc(-c3ccccc3)cc2N1CC)=C\c1sc2ccc(-c3ccccc3)cc2[n+]1CCCS(=O)(=O)[O-]. The van der Waals surface area contributed by atoms with E-state index in [1.54, 1.807) is 23.1 Å². The van der Waals surface area contributed by atoms with Crippen molar-refractivity contribution in [3.05, 3.63) is 119 Å². The van der Waals surface area contributed by atoms with Crippen molar-refractivity contribution in [2.75, 3.05) is 17.2 Å². The minimum Gasteiger partial charge on any atom is -0.748 e. The predicted octanol–water partition coefficient (Wildman–Crippen LogP) is 8.73. The number of aromatic nitrogens is 1. The Morgan fingerprint density at radius 1 is 0.864 bits per heavy atom. The molecule has 0 saturated heterocycles. The first kappa shape index (κ1) is 30.3. The highest BCUT2D eigenvalue weighted by molar-refractivity contribution is 8.03. The van der Waals surface area contributed by atoms with E-state index in [0.29, 0.717) is 6.54 Å². The van der Waals surface area contributed by atoms with Crippen LogP contribution in [0.25, 0.3) is 38.5 Å². The van der Waals surface area contributed by atoms with Crippen molar-refractivity contribution >= 4 is 55.2 Å². The fourth-order valence-corrected chi connectivity index (χ4v) is 8.37. The summed E-state index contributed by atoms with van der Waals surface area (Å²) >= 11 is 3.48. The van der Waals surface area contributed by atoms with E-state index < -0.39 is 10.1 Å². The van der Waals surface area contributed by atoms with Gasteiger partial charge in [-0.15, -0.1) is 0 Å². The van der Waals surface area contributed by atoms with Gasteiger partial charge < -0.3 is 9.45 Å². The summed E-state index contributed by atoms with van der Waals surface area (Å²) in [6, 6.07) is 33.8. The van der Waals surface area contributed by atoms with Gasteiger partial charge >= 0.3 is 0 Å². The molecule has 2 heterocycles. The van der Waals surface area contributed by atoms with Crippen molar-refractivity contribution in [3.8, 4) is 22.3 Å². The van der Waals surface area contributed by atoms with Gasteiger partial charge in [-0.3, -0.25) is 0 Å². The van der Waals surface area contributed by atoms with E-state index in [-0.39, 0.29) is 12.2 Å². The molecule has 4 aromatic carbocycles. The molecule has 0 bridgehead atoms. The Kier molecular flexibility index (Phi) is 9.05. The van der Waals surface area contributed by atoms with Crippen LogP contribution in [0.4, 0.5) is 5.69 Å². The molecule has 1 aliphatic heterocycles. The van der Waals surface area contributed by atoms with Crippen molar-refractivity contribution < 1.29 is 17.5 Å². The number of allylic oxidation sites excluding steroid dienone is 2. The Balaban J connectivity index is 1.37. The zero-order chi connectivity index (χ0) is 30.7. The maximum absolute atomic E-state index is 11.4. The summed E-state index contributed by atoms with van der Waals surface area (Å²) in [5.74, 6) is -0.380. The van der Waals surface area contributed by atoms with Crippen molar-refractivity contribution in [2.24, 2.45) is 0 Å². The van der Waals surface area contributed by atoms with Crippen molar-refractivity contribution in [1.82, 2.24) is 0 Å². The molecule has 44 heavy (non-hydrogen) atoms. The Bertz CT molecular complexity index is 1960. The molecule has 224 valence electrons. The molecule has 1 aliphatic rings. The van der Waals surface area contributed by atoms with Gasteiger partial charge in [-0.1, -0.05) is 103 Å². The van der Waals surface area contributed by atoms with Gasteiger partial charge in [-0.25, -0.2) is 8.42 Å². The molecular formula is C36H34N2O3S3.